The number of unbranched alkanes of at least 4 members (excludes halogenated alkanes) is 2. The van der Waals surface area contributed by atoms with E-state index in [9.17, 15) is 9.59 Å². The molecule has 6 nitrogen and oxygen atoms in total. The number of carbonyl (C=O) groups excluding carboxylic acids is 1. The highest BCUT2D eigenvalue weighted by atomic mass is 32.2. The monoisotopic (exact) mass is 505 g/mol. The van der Waals surface area contributed by atoms with Crippen molar-refractivity contribution in [3.05, 3.63) is 76.3 Å². The van der Waals surface area contributed by atoms with Crippen LogP contribution >= 0.6 is 24.0 Å². The van der Waals surface area contributed by atoms with Crippen LogP contribution in [0.25, 0.3) is 23.0 Å². The van der Waals surface area contributed by atoms with E-state index in [2.05, 4.69) is 32.0 Å². The van der Waals surface area contributed by atoms with Gasteiger partial charge in [-0.1, -0.05) is 66.3 Å². The van der Waals surface area contributed by atoms with Crippen molar-refractivity contribution in [2.24, 2.45) is 0 Å². The highest BCUT2D eigenvalue weighted by molar-refractivity contribution is 8.26. The van der Waals surface area contributed by atoms with Crippen LogP contribution in [0.15, 0.2) is 59.6 Å². The van der Waals surface area contributed by atoms with Gasteiger partial charge in [0.2, 0.25) is 0 Å². The summed E-state index contributed by atoms with van der Waals surface area (Å²) in [5.41, 5.74) is 5.88. The molecule has 2 heterocycles. The second-order valence-corrected chi connectivity index (χ2v) is 10.2. The quantitative estimate of drug-likeness (QED) is 0.218. The highest BCUT2D eigenvalue weighted by Gasteiger charge is 2.32. The largest absolute Gasteiger partial charge is 0.481 e. The fraction of sp³-hybridized carbons (Fsp3) is 0.259. The summed E-state index contributed by atoms with van der Waals surface area (Å²) >= 11 is 6.79. The maximum absolute atomic E-state index is 13.2. The van der Waals surface area contributed by atoms with Crippen molar-refractivity contribution in [3.8, 4) is 16.9 Å². The first-order valence-electron chi connectivity index (χ1n) is 11.5. The molecular formula is C27H27N3O3S2. The molecule has 3 aromatic rings. The van der Waals surface area contributed by atoms with Gasteiger partial charge in [-0.25, -0.2) is 4.68 Å². The summed E-state index contributed by atoms with van der Waals surface area (Å²) in [5.74, 6) is -0.910. The number of carbonyl (C=O) groups is 2. The average Bonchev–Trinajstić information content (AvgIpc) is 3.37. The van der Waals surface area contributed by atoms with E-state index >= 15 is 0 Å². The van der Waals surface area contributed by atoms with Gasteiger partial charge in [0.05, 0.1) is 10.6 Å². The Hall–Kier alpha value is -3.23. The van der Waals surface area contributed by atoms with Crippen molar-refractivity contribution >= 4 is 46.3 Å². The van der Waals surface area contributed by atoms with Crippen molar-refractivity contribution in [1.82, 2.24) is 14.7 Å². The molecule has 1 aliphatic heterocycles. The van der Waals surface area contributed by atoms with Crippen molar-refractivity contribution < 1.29 is 14.7 Å². The number of carboxylic acid groups (broad SMARTS) is 1. The Morgan fingerprint density at radius 3 is 2.63 bits per heavy atom. The maximum atomic E-state index is 13.2. The number of aromatic nitrogens is 2. The Morgan fingerprint density at radius 2 is 1.89 bits per heavy atom. The lowest BCUT2D eigenvalue weighted by Gasteiger charge is -2.13. The number of carboxylic acids is 1. The van der Waals surface area contributed by atoms with Crippen LogP contribution in [0.5, 0.6) is 0 Å². The fourth-order valence-electron chi connectivity index (χ4n) is 3.96. The highest BCUT2D eigenvalue weighted by Crippen LogP contribution is 2.36. The van der Waals surface area contributed by atoms with Crippen LogP contribution < -0.4 is 0 Å². The second kappa shape index (κ2) is 11.0. The number of para-hydroxylation sites is 1. The number of aryl methyl sites for hydroxylation is 2. The zero-order valence-corrected chi connectivity index (χ0v) is 21.4. The van der Waals surface area contributed by atoms with Gasteiger partial charge in [-0.3, -0.25) is 14.5 Å². The summed E-state index contributed by atoms with van der Waals surface area (Å²) in [6.45, 7) is 4.61. The van der Waals surface area contributed by atoms with Crippen LogP contribution in [0.3, 0.4) is 0 Å². The van der Waals surface area contributed by atoms with E-state index in [1.165, 1.54) is 11.8 Å². The van der Waals surface area contributed by atoms with E-state index in [0.717, 1.165) is 40.1 Å². The molecule has 4 rings (SSSR count). The lowest BCUT2D eigenvalue weighted by atomic mass is 10.0. The van der Waals surface area contributed by atoms with Gasteiger partial charge in [0.25, 0.3) is 5.91 Å². The van der Waals surface area contributed by atoms with Crippen molar-refractivity contribution in [3.63, 3.8) is 0 Å². The minimum Gasteiger partial charge on any atom is -0.481 e. The summed E-state index contributed by atoms with van der Waals surface area (Å²) in [5, 5.41) is 13.7. The Bertz CT molecular complexity index is 1300. The van der Waals surface area contributed by atoms with Crippen LogP contribution in [0, 0.1) is 13.8 Å². The molecule has 180 valence electrons. The molecule has 0 aliphatic carbocycles. The summed E-state index contributed by atoms with van der Waals surface area (Å²) in [7, 11) is 0. The molecule has 0 saturated carbocycles. The Labute approximate surface area is 214 Å². The van der Waals surface area contributed by atoms with Gasteiger partial charge in [0.15, 0.2) is 0 Å². The minimum absolute atomic E-state index is 0.113. The number of hydrogen-bond acceptors (Lipinski definition) is 5. The zero-order valence-electron chi connectivity index (χ0n) is 19.7. The minimum atomic E-state index is -0.797. The van der Waals surface area contributed by atoms with E-state index in [1.54, 1.807) is 4.90 Å². The summed E-state index contributed by atoms with van der Waals surface area (Å²) in [6.07, 6.45) is 6.02. The Morgan fingerprint density at radius 1 is 1.11 bits per heavy atom. The molecular weight excluding hydrogens is 478 g/mol. The smallest absolute Gasteiger partial charge is 0.303 e. The van der Waals surface area contributed by atoms with Gasteiger partial charge in [0, 0.05) is 30.3 Å². The number of nitrogens with zero attached hydrogens (tertiary/aromatic N) is 3. The molecule has 2 aromatic carbocycles. The standard InChI is InChI=1S/C27H27N3O3S2/c1-18-12-13-19(2)22(15-18)25-20(17-30(28-25)21-9-5-3-6-10-21)16-23-26(33)29(27(34)35-23)14-8-4-7-11-24(31)32/h3,5-6,9-10,12-13,15-17H,4,7-8,11,14H2,1-2H3,(H,31,32)/b23-16+. The first-order chi connectivity index (χ1) is 16.8. The molecule has 0 spiro atoms. The third-order valence-electron chi connectivity index (χ3n) is 5.84. The zero-order chi connectivity index (χ0) is 24.9. The predicted octanol–water partition coefficient (Wildman–Crippen LogP) is 6.00. The molecule has 0 unspecified atom stereocenters. The topological polar surface area (TPSA) is 75.4 Å². The number of aliphatic carboxylic acids is 1. The molecule has 1 aliphatic rings. The normalized spacial score (nSPS) is 14.8. The molecule has 35 heavy (non-hydrogen) atoms. The number of benzene rings is 2. The van der Waals surface area contributed by atoms with Gasteiger partial charge in [-0.05, 0) is 56.5 Å². The van der Waals surface area contributed by atoms with E-state index in [1.807, 2.05) is 47.3 Å². The van der Waals surface area contributed by atoms with Crippen LogP contribution in [0.2, 0.25) is 0 Å². The van der Waals surface area contributed by atoms with Crippen molar-refractivity contribution in [1.29, 1.82) is 0 Å². The van der Waals surface area contributed by atoms with Crippen LogP contribution in [0.4, 0.5) is 0 Å². The van der Waals surface area contributed by atoms with Gasteiger partial charge in [-0.2, -0.15) is 5.10 Å². The summed E-state index contributed by atoms with van der Waals surface area (Å²) in [6, 6.07) is 16.2. The van der Waals surface area contributed by atoms with Gasteiger partial charge in [-0.15, -0.1) is 0 Å². The van der Waals surface area contributed by atoms with E-state index in [-0.39, 0.29) is 12.3 Å². The number of rotatable bonds is 9. The first kappa shape index (κ1) is 24.9. The van der Waals surface area contributed by atoms with Crippen molar-refractivity contribution in [2.75, 3.05) is 6.54 Å². The number of thioether (sulfide) groups is 1. The maximum Gasteiger partial charge on any atom is 0.303 e. The molecule has 8 heteroatoms. The van der Waals surface area contributed by atoms with E-state index in [4.69, 9.17) is 22.4 Å². The number of amides is 1. The molecule has 0 bridgehead atoms. The molecule has 1 N–H and O–H groups in total. The Balaban J connectivity index is 1.63. The van der Waals surface area contributed by atoms with Crippen LogP contribution in [0.1, 0.15) is 42.4 Å². The van der Waals surface area contributed by atoms with Gasteiger partial charge in [0.1, 0.15) is 10.0 Å². The lowest BCUT2D eigenvalue weighted by molar-refractivity contribution is -0.137. The van der Waals surface area contributed by atoms with E-state index in [0.29, 0.717) is 28.6 Å². The number of hydrogen-bond donors (Lipinski definition) is 1. The van der Waals surface area contributed by atoms with Crippen molar-refractivity contribution in [2.45, 2.75) is 39.5 Å². The predicted molar refractivity (Wildman–Crippen MR) is 144 cm³/mol. The summed E-state index contributed by atoms with van der Waals surface area (Å²) in [4.78, 5) is 26.1. The molecule has 0 radical (unpaired) electrons. The molecule has 1 aromatic heterocycles. The SMILES string of the molecule is Cc1ccc(C)c(-c2nn(-c3ccccc3)cc2/C=C2/SC(=S)N(CCCCCC(=O)O)C2=O)c1. The van der Waals surface area contributed by atoms with Gasteiger partial charge < -0.3 is 5.11 Å². The number of thiocarbonyl (C=S) groups is 1. The fourth-order valence-corrected chi connectivity index (χ4v) is 5.26. The molecule has 1 amide bonds. The van der Waals surface area contributed by atoms with Crippen LogP contribution in [-0.4, -0.2) is 42.5 Å². The average molecular weight is 506 g/mol. The molecule has 1 fully saturated rings. The van der Waals surface area contributed by atoms with E-state index < -0.39 is 5.97 Å². The molecule has 1 saturated heterocycles. The van der Waals surface area contributed by atoms with Gasteiger partial charge >= 0.3 is 5.97 Å². The van der Waals surface area contributed by atoms with Crippen LogP contribution in [-0.2, 0) is 9.59 Å². The molecule has 0 atom stereocenters. The Kier molecular flexibility index (Phi) is 7.83. The first-order valence-corrected chi connectivity index (χ1v) is 12.8. The third kappa shape index (κ3) is 5.89. The summed E-state index contributed by atoms with van der Waals surface area (Å²) < 4.78 is 2.37. The second-order valence-electron chi connectivity index (χ2n) is 8.57. The third-order valence-corrected chi connectivity index (χ3v) is 7.22. The lowest BCUT2D eigenvalue weighted by Crippen LogP contribution is -2.29.